The van der Waals surface area contributed by atoms with Gasteiger partial charge in [-0.05, 0) is 42.8 Å². The van der Waals surface area contributed by atoms with Gasteiger partial charge in [-0.1, -0.05) is 0 Å². The second-order valence-electron chi connectivity index (χ2n) is 4.97. The zero-order chi connectivity index (χ0) is 18.2. The molecule has 2 aromatic rings. The van der Waals surface area contributed by atoms with Crippen LogP contribution in [0.2, 0.25) is 0 Å². The molecule has 130 valence electrons. The number of carbonyl (C=O) groups is 2. The molecular weight excluding hydrogens is 324 g/mol. The number of rotatable bonds is 6. The number of carbonyl (C=O) groups excluding carboxylic acids is 2. The van der Waals surface area contributed by atoms with Crippen LogP contribution >= 0.6 is 0 Å². The summed E-state index contributed by atoms with van der Waals surface area (Å²) in [6.45, 7) is 1.86. The van der Waals surface area contributed by atoms with E-state index in [4.69, 9.17) is 4.74 Å². The lowest BCUT2D eigenvalue weighted by molar-refractivity contribution is -0.138. The first-order chi connectivity index (χ1) is 12.0. The Bertz CT molecular complexity index is 787. The monoisotopic (exact) mass is 342 g/mol. The minimum absolute atomic E-state index is 0.0327. The van der Waals surface area contributed by atoms with Gasteiger partial charge in [-0.25, -0.2) is 9.59 Å². The van der Waals surface area contributed by atoms with Crippen molar-refractivity contribution in [3.63, 3.8) is 0 Å². The lowest BCUT2D eigenvalue weighted by atomic mass is 10.2. The number of hydrogen-bond donors (Lipinski definition) is 1. The first-order valence-corrected chi connectivity index (χ1v) is 7.37. The van der Waals surface area contributed by atoms with Crippen molar-refractivity contribution < 1.29 is 23.8 Å². The molecule has 7 nitrogen and oxygen atoms in total. The Labute approximate surface area is 145 Å². The summed E-state index contributed by atoms with van der Waals surface area (Å²) in [5.74, 6) is -0.0813. The Kier molecular flexibility index (Phi) is 6.11. The van der Waals surface area contributed by atoms with E-state index in [2.05, 4.69) is 19.8 Å². The Morgan fingerprint density at radius 1 is 1.16 bits per heavy atom. The van der Waals surface area contributed by atoms with Crippen molar-refractivity contribution in [2.24, 2.45) is 0 Å². The zero-order valence-corrected chi connectivity index (χ0v) is 14.1. The van der Waals surface area contributed by atoms with Crippen LogP contribution in [-0.2, 0) is 19.1 Å². The number of nitrogens with one attached hydrogen (secondary N) is 1. The third-order valence-corrected chi connectivity index (χ3v) is 3.18. The van der Waals surface area contributed by atoms with E-state index in [-0.39, 0.29) is 5.70 Å². The molecule has 0 radical (unpaired) electrons. The number of aryl methyl sites for hydroxylation is 1. The average molecular weight is 342 g/mol. The fourth-order valence-corrected chi connectivity index (χ4v) is 1.96. The normalized spacial score (nSPS) is 10.8. The van der Waals surface area contributed by atoms with Gasteiger partial charge in [-0.15, -0.1) is 0 Å². The van der Waals surface area contributed by atoms with Crippen molar-refractivity contribution in [2.75, 3.05) is 19.5 Å². The number of methoxy groups -OCH3 is 2. The largest absolute Gasteiger partial charge is 0.466 e. The van der Waals surface area contributed by atoms with E-state index in [0.29, 0.717) is 17.2 Å². The molecular formula is C18H18N2O5. The molecule has 7 heteroatoms. The predicted octanol–water partition coefficient (Wildman–Crippen LogP) is 2.82. The maximum atomic E-state index is 11.8. The molecule has 0 saturated carbocycles. The topological polar surface area (TPSA) is 86.8 Å². The molecule has 0 aliphatic carbocycles. The highest BCUT2D eigenvalue weighted by atomic mass is 16.5. The fourth-order valence-electron chi connectivity index (χ4n) is 1.96. The van der Waals surface area contributed by atoms with Gasteiger partial charge in [0.15, 0.2) is 0 Å². The van der Waals surface area contributed by atoms with Gasteiger partial charge in [0, 0.05) is 11.9 Å². The second-order valence-corrected chi connectivity index (χ2v) is 4.97. The van der Waals surface area contributed by atoms with E-state index in [1.165, 1.54) is 14.2 Å². The number of benzene rings is 1. The highest BCUT2D eigenvalue weighted by Crippen LogP contribution is 2.27. The summed E-state index contributed by atoms with van der Waals surface area (Å²) < 4.78 is 14.9. The summed E-state index contributed by atoms with van der Waals surface area (Å²) >= 11 is 0. The third kappa shape index (κ3) is 5.07. The SMILES string of the molecule is COC(=O)/C=C(/Nc1ccc(Oc2cccnc2)c(C)c1)C(=O)OC. The molecule has 0 bridgehead atoms. The quantitative estimate of drug-likeness (QED) is 0.638. The van der Waals surface area contributed by atoms with Gasteiger partial charge < -0.3 is 19.5 Å². The highest BCUT2D eigenvalue weighted by Gasteiger charge is 2.13. The summed E-state index contributed by atoms with van der Waals surface area (Å²) in [5, 5.41) is 2.84. The maximum Gasteiger partial charge on any atom is 0.354 e. The number of ether oxygens (including phenoxy) is 3. The zero-order valence-electron chi connectivity index (χ0n) is 14.1. The lowest BCUT2D eigenvalue weighted by Crippen LogP contribution is -2.15. The number of hydrogen-bond acceptors (Lipinski definition) is 7. The summed E-state index contributed by atoms with van der Waals surface area (Å²) in [7, 11) is 2.45. The van der Waals surface area contributed by atoms with Crippen molar-refractivity contribution in [3.05, 3.63) is 60.1 Å². The molecule has 1 heterocycles. The van der Waals surface area contributed by atoms with E-state index in [0.717, 1.165) is 11.6 Å². The smallest absolute Gasteiger partial charge is 0.354 e. The third-order valence-electron chi connectivity index (χ3n) is 3.18. The van der Waals surface area contributed by atoms with Gasteiger partial charge in [0.25, 0.3) is 0 Å². The van der Waals surface area contributed by atoms with Gasteiger partial charge in [0.2, 0.25) is 0 Å². The fraction of sp³-hybridized carbons (Fsp3) is 0.167. The molecule has 0 unspecified atom stereocenters. The van der Waals surface area contributed by atoms with Crippen LogP contribution in [0.15, 0.2) is 54.5 Å². The van der Waals surface area contributed by atoms with Gasteiger partial charge in [0.1, 0.15) is 17.2 Å². The van der Waals surface area contributed by atoms with Gasteiger partial charge in [-0.3, -0.25) is 4.98 Å². The number of nitrogens with zero attached hydrogens (tertiary/aromatic N) is 1. The summed E-state index contributed by atoms with van der Waals surface area (Å²) in [6.07, 6.45) is 4.30. The van der Waals surface area contributed by atoms with Crippen LogP contribution < -0.4 is 10.1 Å². The Morgan fingerprint density at radius 2 is 1.96 bits per heavy atom. The van der Waals surface area contributed by atoms with Crippen LogP contribution in [0.5, 0.6) is 11.5 Å². The van der Waals surface area contributed by atoms with Crippen molar-refractivity contribution in [1.29, 1.82) is 0 Å². The number of aromatic nitrogens is 1. The van der Waals surface area contributed by atoms with E-state index >= 15 is 0 Å². The summed E-state index contributed by atoms with van der Waals surface area (Å²) in [4.78, 5) is 27.1. The first kappa shape index (κ1) is 18.0. The van der Waals surface area contributed by atoms with Crippen molar-refractivity contribution in [3.8, 4) is 11.5 Å². The second kappa shape index (κ2) is 8.49. The molecule has 0 atom stereocenters. The number of pyridine rings is 1. The van der Waals surface area contributed by atoms with Crippen molar-refractivity contribution >= 4 is 17.6 Å². The van der Waals surface area contributed by atoms with Crippen LogP contribution in [0, 0.1) is 6.92 Å². The first-order valence-electron chi connectivity index (χ1n) is 7.37. The Morgan fingerprint density at radius 3 is 2.56 bits per heavy atom. The minimum atomic E-state index is -0.682. The minimum Gasteiger partial charge on any atom is -0.466 e. The molecule has 0 aliphatic rings. The Hall–Kier alpha value is -3.35. The molecule has 0 aliphatic heterocycles. The average Bonchev–Trinajstić information content (AvgIpc) is 2.63. The van der Waals surface area contributed by atoms with Gasteiger partial charge >= 0.3 is 11.9 Å². The molecule has 0 saturated heterocycles. The molecule has 0 fully saturated rings. The molecule has 25 heavy (non-hydrogen) atoms. The summed E-state index contributed by atoms with van der Waals surface area (Å²) in [6, 6.07) is 8.82. The van der Waals surface area contributed by atoms with Gasteiger partial charge in [-0.2, -0.15) is 0 Å². The van der Waals surface area contributed by atoms with Crippen LogP contribution in [0.25, 0.3) is 0 Å². The van der Waals surface area contributed by atoms with Crippen LogP contribution in [0.4, 0.5) is 5.69 Å². The Balaban J connectivity index is 2.19. The number of esters is 2. The van der Waals surface area contributed by atoms with E-state index in [1.54, 1.807) is 42.7 Å². The number of anilines is 1. The molecule has 0 amide bonds. The highest BCUT2D eigenvalue weighted by molar-refractivity contribution is 5.98. The molecule has 1 aromatic carbocycles. The van der Waals surface area contributed by atoms with Crippen molar-refractivity contribution in [1.82, 2.24) is 4.98 Å². The van der Waals surface area contributed by atoms with E-state index < -0.39 is 11.9 Å². The molecule has 1 N–H and O–H groups in total. The van der Waals surface area contributed by atoms with E-state index in [9.17, 15) is 9.59 Å². The van der Waals surface area contributed by atoms with Crippen LogP contribution in [0.3, 0.4) is 0 Å². The van der Waals surface area contributed by atoms with Crippen molar-refractivity contribution in [2.45, 2.75) is 6.92 Å². The lowest BCUT2D eigenvalue weighted by Gasteiger charge is -2.12. The van der Waals surface area contributed by atoms with Crippen LogP contribution in [0.1, 0.15) is 5.56 Å². The maximum absolute atomic E-state index is 11.8. The molecule has 2 rings (SSSR count). The standard InChI is InChI=1S/C18H18N2O5/c1-12-9-13(20-15(18(22)24-3)10-17(21)23-2)6-7-16(12)25-14-5-4-8-19-11-14/h4-11,20H,1-3H3/b15-10+. The predicted molar refractivity (Wildman–Crippen MR) is 91.2 cm³/mol. The molecule has 0 spiro atoms. The summed E-state index contributed by atoms with van der Waals surface area (Å²) in [5.41, 5.74) is 1.39. The molecule has 1 aromatic heterocycles. The van der Waals surface area contributed by atoms with E-state index in [1.807, 2.05) is 6.92 Å². The van der Waals surface area contributed by atoms with Crippen LogP contribution in [-0.4, -0.2) is 31.1 Å². The van der Waals surface area contributed by atoms with Gasteiger partial charge in [0.05, 0.1) is 26.5 Å².